The maximum Gasteiger partial charge on any atom is 0.263 e. The number of hydrogen-bond acceptors (Lipinski definition) is 8. The van der Waals surface area contributed by atoms with Gasteiger partial charge in [-0.3, -0.25) is 4.79 Å². The van der Waals surface area contributed by atoms with Crippen LogP contribution in [-0.2, 0) is 6.54 Å². The van der Waals surface area contributed by atoms with Crippen molar-refractivity contribution in [1.82, 2.24) is 25.4 Å². The Morgan fingerprint density at radius 1 is 1.38 bits per heavy atom. The first kappa shape index (κ1) is 16.1. The van der Waals surface area contributed by atoms with Crippen molar-refractivity contribution in [2.45, 2.75) is 20.4 Å². The molecule has 24 heavy (non-hydrogen) atoms. The van der Waals surface area contributed by atoms with Gasteiger partial charge in [0.2, 0.25) is 17.6 Å². The van der Waals surface area contributed by atoms with Gasteiger partial charge in [0, 0.05) is 17.8 Å². The van der Waals surface area contributed by atoms with Gasteiger partial charge in [0.05, 0.1) is 24.4 Å². The number of rotatable bonds is 6. The zero-order chi connectivity index (χ0) is 16.9. The van der Waals surface area contributed by atoms with Crippen LogP contribution in [0.4, 0.5) is 0 Å². The SMILES string of the molecule is CCOc1ccc(-c2noc(CNC(=O)c3scnc3C)n2)cn1. The quantitative estimate of drug-likeness (QED) is 0.730. The maximum atomic E-state index is 12.0. The highest BCUT2D eigenvalue weighted by atomic mass is 32.1. The summed E-state index contributed by atoms with van der Waals surface area (Å²) in [5.41, 5.74) is 3.04. The molecule has 0 saturated heterocycles. The van der Waals surface area contributed by atoms with Crippen molar-refractivity contribution in [2.75, 3.05) is 6.61 Å². The Labute approximate surface area is 141 Å². The third-order valence-corrected chi connectivity index (χ3v) is 4.03. The first-order chi connectivity index (χ1) is 11.7. The van der Waals surface area contributed by atoms with E-state index in [4.69, 9.17) is 9.26 Å². The molecule has 124 valence electrons. The summed E-state index contributed by atoms with van der Waals surface area (Å²) >= 11 is 1.29. The van der Waals surface area contributed by atoms with Crippen LogP contribution in [0.2, 0.25) is 0 Å². The third kappa shape index (κ3) is 3.57. The number of aryl methyl sites for hydroxylation is 1. The van der Waals surface area contributed by atoms with Gasteiger partial charge in [-0.05, 0) is 19.9 Å². The number of aromatic nitrogens is 4. The number of carbonyl (C=O) groups is 1. The van der Waals surface area contributed by atoms with E-state index in [0.29, 0.717) is 40.3 Å². The first-order valence-electron chi connectivity index (χ1n) is 7.27. The molecule has 0 bridgehead atoms. The minimum Gasteiger partial charge on any atom is -0.478 e. The number of nitrogens with zero attached hydrogens (tertiary/aromatic N) is 4. The summed E-state index contributed by atoms with van der Waals surface area (Å²) < 4.78 is 10.4. The van der Waals surface area contributed by atoms with Gasteiger partial charge in [-0.2, -0.15) is 4.98 Å². The summed E-state index contributed by atoms with van der Waals surface area (Å²) in [6.45, 7) is 4.38. The molecule has 0 aliphatic carbocycles. The van der Waals surface area contributed by atoms with E-state index in [1.54, 1.807) is 30.8 Å². The average Bonchev–Trinajstić information content (AvgIpc) is 3.23. The summed E-state index contributed by atoms with van der Waals surface area (Å²) in [6.07, 6.45) is 1.61. The summed E-state index contributed by atoms with van der Waals surface area (Å²) in [4.78, 5) is 25.0. The number of thiazole rings is 1. The van der Waals surface area contributed by atoms with Gasteiger partial charge in [0.1, 0.15) is 4.88 Å². The van der Waals surface area contributed by atoms with E-state index in [9.17, 15) is 4.79 Å². The molecule has 0 saturated carbocycles. The minimum atomic E-state index is -0.211. The predicted molar refractivity (Wildman–Crippen MR) is 86.7 cm³/mol. The number of ether oxygens (including phenoxy) is 1. The van der Waals surface area contributed by atoms with Crippen molar-refractivity contribution in [3.8, 4) is 17.3 Å². The van der Waals surface area contributed by atoms with E-state index in [-0.39, 0.29) is 12.5 Å². The maximum absolute atomic E-state index is 12.0. The standard InChI is InChI=1S/C15H15N5O3S/c1-3-22-11-5-4-10(6-16-11)14-19-12(23-20-14)7-17-15(21)13-9(2)18-8-24-13/h4-6,8H,3,7H2,1-2H3,(H,17,21). The largest absolute Gasteiger partial charge is 0.478 e. The predicted octanol–water partition coefficient (Wildman–Crippen LogP) is 2.23. The number of amides is 1. The Morgan fingerprint density at radius 3 is 2.92 bits per heavy atom. The molecule has 0 aliphatic rings. The molecule has 0 unspecified atom stereocenters. The van der Waals surface area contributed by atoms with Crippen molar-refractivity contribution in [1.29, 1.82) is 0 Å². The van der Waals surface area contributed by atoms with Gasteiger partial charge in [0.15, 0.2) is 0 Å². The Hall–Kier alpha value is -2.81. The molecule has 1 amide bonds. The van der Waals surface area contributed by atoms with E-state index >= 15 is 0 Å². The molecule has 3 aromatic heterocycles. The van der Waals surface area contributed by atoms with Gasteiger partial charge >= 0.3 is 0 Å². The van der Waals surface area contributed by atoms with Crippen molar-refractivity contribution in [2.24, 2.45) is 0 Å². The Balaban J connectivity index is 1.63. The van der Waals surface area contributed by atoms with E-state index in [0.717, 1.165) is 0 Å². The molecule has 0 aliphatic heterocycles. The zero-order valence-corrected chi connectivity index (χ0v) is 14.0. The normalized spacial score (nSPS) is 10.6. The van der Waals surface area contributed by atoms with E-state index in [2.05, 4.69) is 25.4 Å². The average molecular weight is 345 g/mol. The monoisotopic (exact) mass is 345 g/mol. The summed E-state index contributed by atoms with van der Waals surface area (Å²) in [5, 5.41) is 6.62. The second-order valence-electron chi connectivity index (χ2n) is 4.78. The highest BCUT2D eigenvalue weighted by Crippen LogP contribution is 2.17. The van der Waals surface area contributed by atoms with E-state index in [1.807, 2.05) is 6.92 Å². The molecule has 3 rings (SSSR count). The van der Waals surface area contributed by atoms with Gasteiger partial charge in [-0.25, -0.2) is 9.97 Å². The van der Waals surface area contributed by atoms with Crippen molar-refractivity contribution >= 4 is 17.2 Å². The molecule has 3 aromatic rings. The molecular formula is C15H15N5O3S. The second-order valence-corrected chi connectivity index (χ2v) is 5.63. The fourth-order valence-electron chi connectivity index (χ4n) is 1.95. The number of carbonyl (C=O) groups excluding carboxylic acids is 1. The van der Waals surface area contributed by atoms with Crippen LogP contribution in [0.25, 0.3) is 11.4 Å². The molecular weight excluding hydrogens is 330 g/mol. The van der Waals surface area contributed by atoms with Crippen LogP contribution in [0.3, 0.4) is 0 Å². The number of pyridine rings is 1. The summed E-state index contributed by atoms with van der Waals surface area (Å²) in [6, 6.07) is 3.54. The van der Waals surface area contributed by atoms with Crippen LogP contribution in [0.15, 0.2) is 28.4 Å². The van der Waals surface area contributed by atoms with Crippen molar-refractivity contribution in [3.63, 3.8) is 0 Å². The molecule has 0 spiro atoms. The van der Waals surface area contributed by atoms with Gasteiger partial charge in [-0.15, -0.1) is 11.3 Å². The molecule has 3 heterocycles. The molecule has 9 heteroatoms. The molecule has 0 atom stereocenters. The molecule has 8 nitrogen and oxygen atoms in total. The Kier molecular flexibility index (Phi) is 4.80. The van der Waals surface area contributed by atoms with Crippen LogP contribution in [0, 0.1) is 6.92 Å². The lowest BCUT2D eigenvalue weighted by atomic mass is 10.3. The van der Waals surface area contributed by atoms with Crippen LogP contribution < -0.4 is 10.1 Å². The molecule has 1 N–H and O–H groups in total. The van der Waals surface area contributed by atoms with Crippen LogP contribution in [0.1, 0.15) is 28.2 Å². The molecule has 0 radical (unpaired) electrons. The van der Waals surface area contributed by atoms with Crippen LogP contribution in [0.5, 0.6) is 5.88 Å². The lowest BCUT2D eigenvalue weighted by Crippen LogP contribution is -2.22. The van der Waals surface area contributed by atoms with Gasteiger partial charge in [0.25, 0.3) is 5.91 Å². The highest BCUT2D eigenvalue weighted by molar-refractivity contribution is 7.11. The van der Waals surface area contributed by atoms with Crippen molar-refractivity contribution < 1.29 is 14.1 Å². The fourth-order valence-corrected chi connectivity index (χ4v) is 2.66. The molecule has 0 aromatic carbocycles. The molecule has 0 fully saturated rings. The second kappa shape index (κ2) is 7.18. The van der Waals surface area contributed by atoms with E-state index < -0.39 is 0 Å². The van der Waals surface area contributed by atoms with E-state index in [1.165, 1.54) is 11.3 Å². The summed E-state index contributed by atoms with van der Waals surface area (Å²) in [7, 11) is 0. The fraction of sp³-hybridized carbons (Fsp3) is 0.267. The van der Waals surface area contributed by atoms with Crippen LogP contribution >= 0.6 is 11.3 Å². The van der Waals surface area contributed by atoms with Crippen molar-refractivity contribution in [3.05, 3.63) is 40.3 Å². The first-order valence-corrected chi connectivity index (χ1v) is 8.15. The number of nitrogens with one attached hydrogen (secondary N) is 1. The lowest BCUT2D eigenvalue weighted by Gasteiger charge is -2.01. The topological polar surface area (TPSA) is 103 Å². The van der Waals surface area contributed by atoms with Gasteiger partial charge in [-0.1, -0.05) is 5.16 Å². The van der Waals surface area contributed by atoms with Gasteiger partial charge < -0.3 is 14.6 Å². The number of hydrogen-bond donors (Lipinski definition) is 1. The van der Waals surface area contributed by atoms with Crippen LogP contribution in [-0.4, -0.2) is 32.6 Å². The smallest absolute Gasteiger partial charge is 0.263 e. The zero-order valence-electron chi connectivity index (χ0n) is 13.1. The Bertz CT molecular complexity index is 828. The highest BCUT2D eigenvalue weighted by Gasteiger charge is 2.14. The third-order valence-electron chi connectivity index (χ3n) is 3.11. The minimum absolute atomic E-state index is 0.146. The lowest BCUT2D eigenvalue weighted by molar-refractivity contribution is 0.0949. The Morgan fingerprint density at radius 2 is 2.25 bits per heavy atom. The summed E-state index contributed by atoms with van der Waals surface area (Å²) in [5.74, 6) is 1.05.